The van der Waals surface area contributed by atoms with Crippen LogP contribution in [-0.4, -0.2) is 29.2 Å². The summed E-state index contributed by atoms with van der Waals surface area (Å²) in [6.45, 7) is 9.72. The minimum Gasteiger partial charge on any atom is -0.531 e. The summed E-state index contributed by atoms with van der Waals surface area (Å²) in [4.78, 5) is 11.2. The first-order valence-corrected chi connectivity index (χ1v) is 10.8. The van der Waals surface area contributed by atoms with Crippen LogP contribution in [0.15, 0.2) is 30.3 Å². The van der Waals surface area contributed by atoms with Crippen LogP contribution in [0.4, 0.5) is 13.2 Å². The largest absolute Gasteiger partial charge is 0.531 e. The molecule has 5 nitrogen and oxygen atoms in total. The summed E-state index contributed by atoms with van der Waals surface area (Å²) in [5.41, 5.74) is -0.953. The van der Waals surface area contributed by atoms with Gasteiger partial charge in [0.15, 0.2) is 5.69 Å². The Balaban J connectivity index is 2.60. The first-order chi connectivity index (χ1) is 11.7. The van der Waals surface area contributed by atoms with Crippen LogP contribution in [0.3, 0.4) is 0 Å². The molecule has 0 atom stereocenters. The number of carbonyl (C=O) groups is 1. The molecule has 1 heterocycles. The number of hydrogen-bond acceptors (Lipinski definition) is 3. The van der Waals surface area contributed by atoms with E-state index in [0.29, 0.717) is 0 Å². The summed E-state index contributed by atoms with van der Waals surface area (Å²) in [6, 6.07) is 6.40. The second-order valence-corrected chi connectivity index (χ2v) is 12.2. The van der Waals surface area contributed by atoms with Crippen molar-refractivity contribution in [2.45, 2.75) is 45.1 Å². The zero-order valence-corrected chi connectivity index (χ0v) is 16.2. The lowest BCUT2D eigenvalue weighted by molar-refractivity contribution is -0.141. The van der Waals surface area contributed by atoms with E-state index in [4.69, 9.17) is 9.53 Å². The number of aromatic carboxylic acids is 1. The van der Waals surface area contributed by atoms with Crippen molar-refractivity contribution in [3.05, 3.63) is 41.6 Å². The average Bonchev–Trinajstić information content (AvgIpc) is 2.89. The Bertz CT molecular complexity index is 823. The van der Waals surface area contributed by atoms with Gasteiger partial charge in [0, 0.05) is 6.07 Å². The van der Waals surface area contributed by atoms with Gasteiger partial charge >= 0.3 is 12.1 Å². The van der Waals surface area contributed by atoms with Gasteiger partial charge in [-0.05, 0) is 36.3 Å². The fourth-order valence-corrected chi connectivity index (χ4v) is 2.92. The highest BCUT2D eigenvalue weighted by Crippen LogP contribution is 2.39. The van der Waals surface area contributed by atoms with Crippen LogP contribution < -0.4 is 4.43 Å². The van der Waals surface area contributed by atoms with Crippen LogP contribution >= 0.6 is 0 Å². The van der Waals surface area contributed by atoms with Gasteiger partial charge in [-0.3, -0.25) is 0 Å². The molecule has 0 radical (unpaired) electrons. The van der Waals surface area contributed by atoms with Gasteiger partial charge in [0.1, 0.15) is 0 Å². The summed E-state index contributed by atoms with van der Waals surface area (Å²) in [5, 5.41) is 12.5. The lowest BCUT2D eigenvalue weighted by Gasteiger charge is -2.36. The van der Waals surface area contributed by atoms with Crippen molar-refractivity contribution >= 4 is 14.3 Å². The highest BCUT2D eigenvalue weighted by molar-refractivity contribution is 6.74. The second-order valence-electron chi connectivity index (χ2n) is 7.50. The molecular formula is C17H21F3N2O3Si. The lowest BCUT2D eigenvalue weighted by Crippen LogP contribution is -2.44. The topological polar surface area (TPSA) is 64.4 Å². The number of carboxylic acid groups (broad SMARTS) is 1. The minimum atomic E-state index is -4.64. The third-order valence-electron chi connectivity index (χ3n) is 4.47. The van der Waals surface area contributed by atoms with E-state index in [-0.39, 0.29) is 22.2 Å². The highest BCUT2D eigenvalue weighted by atomic mass is 28.4. The zero-order valence-electron chi connectivity index (χ0n) is 15.2. The maximum absolute atomic E-state index is 13.2. The van der Waals surface area contributed by atoms with E-state index in [2.05, 4.69) is 5.10 Å². The zero-order chi connectivity index (χ0) is 19.9. The average molecular weight is 386 g/mol. The van der Waals surface area contributed by atoms with E-state index in [1.165, 1.54) is 24.3 Å². The van der Waals surface area contributed by atoms with E-state index < -0.39 is 26.2 Å². The molecule has 0 saturated heterocycles. The molecule has 1 N–H and O–H groups in total. The normalized spacial score (nSPS) is 12.9. The van der Waals surface area contributed by atoms with Crippen molar-refractivity contribution in [1.29, 1.82) is 0 Å². The molecule has 9 heteroatoms. The first-order valence-electron chi connectivity index (χ1n) is 7.92. The van der Waals surface area contributed by atoms with Crippen LogP contribution in [0.25, 0.3) is 5.69 Å². The maximum atomic E-state index is 13.2. The van der Waals surface area contributed by atoms with Crippen LogP contribution in [0.2, 0.25) is 18.1 Å². The molecule has 0 saturated carbocycles. The molecule has 2 aromatic rings. The van der Waals surface area contributed by atoms with Gasteiger partial charge in [-0.1, -0.05) is 26.8 Å². The summed E-state index contributed by atoms with van der Waals surface area (Å²) in [7, 11) is -2.44. The van der Waals surface area contributed by atoms with E-state index in [0.717, 1.165) is 10.7 Å². The van der Waals surface area contributed by atoms with Crippen LogP contribution in [-0.2, 0) is 6.18 Å². The molecule has 2 rings (SSSR count). The van der Waals surface area contributed by atoms with Gasteiger partial charge in [0.2, 0.25) is 5.88 Å². The number of nitrogens with zero attached hydrogens (tertiary/aromatic N) is 2. The number of benzene rings is 1. The fraction of sp³-hybridized carbons (Fsp3) is 0.412. The van der Waals surface area contributed by atoms with Gasteiger partial charge < -0.3 is 9.53 Å². The minimum absolute atomic E-state index is 0.0496. The number of alkyl halides is 3. The third-order valence-corrected chi connectivity index (χ3v) is 8.80. The molecule has 142 valence electrons. The fourth-order valence-electron chi connectivity index (χ4n) is 1.95. The first kappa shape index (κ1) is 20.0. The van der Waals surface area contributed by atoms with Crippen LogP contribution in [0.5, 0.6) is 5.88 Å². The molecule has 0 amide bonds. The van der Waals surface area contributed by atoms with Gasteiger partial charge in [-0.25, -0.2) is 9.48 Å². The number of halogens is 3. The Morgan fingerprint density at radius 2 is 1.81 bits per heavy atom. The van der Waals surface area contributed by atoms with Gasteiger partial charge in [-0.15, -0.1) is 0 Å². The summed E-state index contributed by atoms with van der Waals surface area (Å²) in [6.07, 6.45) is -4.64. The molecular weight excluding hydrogens is 365 g/mol. The van der Waals surface area contributed by atoms with Crippen molar-refractivity contribution < 1.29 is 27.5 Å². The van der Waals surface area contributed by atoms with E-state index in [9.17, 15) is 18.0 Å². The number of aromatic nitrogens is 2. The number of hydrogen-bond donors (Lipinski definition) is 1. The molecule has 1 aromatic carbocycles. The molecule has 0 spiro atoms. The Morgan fingerprint density at radius 1 is 1.19 bits per heavy atom. The highest BCUT2D eigenvalue weighted by Gasteiger charge is 2.41. The Kier molecular flexibility index (Phi) is 4.97. The quantitative estimate of drug-likeness (QED) is 0.753. The maximum Gasteiger partial charge on any atom is 0.435 e. The van der Waals surface area contributed by atoms with E-state index >= 15 is 0 Å². The Hall–Kier alpha value is -2.29. The molecule has 26 heavy (non-hydrogen) atoms. The standard InChI is InChI=1S/C17H21F3N2O3Si/c1-16(2,3)26(4,5)25-14-10-13(17(18,19)20)21-22(14)12-8-6-7-11(9-12)15(23)24/h6-10H,1-5H3,(H,23,24). The summed E-state index contributed by atoms with van der Waals surface area (Å²) < 4.78 is 46.5. The van der Waals surface area contributed by atoms with Crippen molar-refractivity contribution in [3.63, 3.8) is 0 Å². The van der Waals surface area contributed by atoms with Crippen LogP contribution in [0.1, 0.15) is 36.8 Å². The number of carboxylic acids is 1. The molecule has 1 aromatic heterocycles. The predicted molar refractivity (Wildman–Crippen MR) is 93.4 cm³/mol. The summed E-state index contributed by atoms with van der Waals surface area (Å²) in [5.74, 6) is -1.23. The van der Waals surface area contributed by atoms with Crippen molar-refractivity contribution in [1.82, 2.24) is 9.78 Å². The molecule has 0 bridgehead atoms. The van der Waals surface area contributed by atoms with Gasteiger partial charge in [0.05, 0.1) is 11.3 Å². The number of rotatable bonds is 4. The Morgan fingerprint density at radius 3 is 2.31 bits per heavy atom. The van der Waals surface area contributed by atoms with Crippen LogP contribution in [0, 0.1) is 0 Å². The van der Waals surface area contributed by atoms with E-state index in [1.807, 2.05) is 33.9 Å². The molecule has 0 aliphatic rings. The SMILES string of the molecule is CC(C)(C)[Si](C)(C)Oc1cc(C(F)(F)F)nn1-c1cccc(C(=O)O)c1. The van der Waals surface area contributed by atoms with E-state index in [1.54, 1.807) is 0 Å². The van der Waals surface area contributed by atoms with Crippen molar-refractivity contribution in [2.75, 3.05) is 0 Å². The smallest absolute Gasteiger partial charge is 0.435 e. The molecule has 0 fully saturated rings. The Labute approximate surface area is 150 Å². The van der Waals surface area contributed by atoms with Crippen molar-refractivity contribution in [2.24, 2.45) is 0 Å². The van der Waals surface area contributed by atoms with Crippen molar-refractivity contribution in [3.8, 4) is 11.6 Å². The third kappa shape index (κ3) is 4.09. The monoisotopic (exact) mass is 386 g/mol. The second kappa shape index (κ2) is 6.46. The predicted octanol–water partition coefficient (Wildman–Crippen LogP) is 4.97. The van der Waals surface area contributed by atoms with Gasteiger partial charge in [-0.2, -0.15) is 18.3 Å². The molecule has 0 unspecified atom stereocenters. The molecule has 0 aliphatic carbocycles. The lowest BCUT2D eigenvalue weighted by atomic mass is 10.2. The summed E-state index contributed by atoms with van der Waals surface area (Å²) >= 11 is 0. The molecule has 0 aliphatic heterocycles. The van der Waals surface area contributed by atoms with Gasteiger partial charge in [0.25, 0.3) is 8.32 Å².